The molecule has 86 valence electrons. The molecule has 0 N–H and O–H groups in total. The topological polar surface area (TPSA) is 46.1 Å². The summed E-state index contributed by atoms with van der Waals surface area (Å²) in [6, 6.07) is 10.9. The van der Waals surface area contributed by atoms with Crippen LogP contribution in [0.2, 0.25) is 0 Å². The fourth-order valence-corrected chi connectivity index (χ4v) is 1.49. The molecule has 2 rings (SSSR count). The summed E-state index contributed by atoms with van der Waals surface area (Å²) in [5.74, 6) is -0.101. The summed E-state index contributed by atoms with van der Waals surface area (Å²) in [5.41, 5.74) is 1.31. The molecule has 4 nitrogen and oxygen atoms in total. The zero-order chi connectivity index (χ0) is 12.1. The number of pyridine rings is 2. The first kappa shape index (κ1) is 11.3. The Balaban J connectivity index is 2.06. The zero-order valence-electron chi connectivity index (χ0n) is 9.58. The number of aromatic nitrogens is 2. The third-order valence-corrected chi connectivity index (χ3v) is 2.36. The first-order chi connectivity index (χ1) is 8.27. The number of carbonyl (C=O) groups excluding carboxylic acids is 1. The molecule has 0 aliphatic carbocycles. The van der Waals surface area contributed by atoms with Crippen LogP contribution in [0.4, 0.5) is 0 Å². The second kappa shape index (κ2) is 5.21. The van der Waals surface area contributed by atoms with Crippen LogP contribution in [0.15, 0.2) is 48.8 Å². The van der Waals surface area contributed by atoms with Crippen LogP contribution in [0.1, 0.15) is 16.2 Å². The van der Waals surface area contributed by atoms with E-state index < -0.39 is 0 Å². The number of nitrogens with zero attached hydrogens (tertiary/aromatic N) is 3. The molecule has 0 fully saturated rings. The first-order valence-corrected chi connectivity index (χ1v) is 5.34. The van der Waals surface area contributed by atoms with Gasteiger partial charge in [-0.3, -0.25) is 14.8 Å². The van der Waals surface area contributed by atoms with E-state index in [9.17, 15) is 4.79 Å². The molecule has 0 unspecified atom stereocenters. The Morgan fingerprint density at radius 3 is 2.41 bits per heavy atom. The Morgan fingerprint density at radius 1 is 1.12 bits per heavy atom. The second-order valence-electron chi connectivity index (χ2n) is 3.70. The summed E-state index contributed by atoms with van der Waals surface area (Å²) in [4.78, 5) is 21.8. The quantitative estimate of drug-likeness (QED) is 0.802. The molecule has 2 aromatic rings. The van der Waals surface area contributed by atoms with Gasteiger partial charge in [-0.1, -0.05) is 12.1 Å². The first-order valence-electron chi connectivity index (χ1n) is 5.34. The Bertz CT molecular complexity index is 485. The van der Waals surface area contributed by atoms with Gasteiger partial charge in [-0.15, -0.1) is 0 Å². The molecule has 0 atom stereocenters. The molecule has 0 aliphatic rings. The minimum absolute atomic E-state index is 0.101. The van der Waals surface area contributed by atoms with E-state index in [1.807, 2.05) is 18.2 Å². The Morgan fingerprint density at radius 2 is 1.82 bits per heavy atom. The molecule has 0 saturated heterocycles. The van der Waals surface area contributed by atoms with Gasteiger partial charge in [0.2, 0.25) is 0 Å². The monoisotopic (exact) mass is 227 g/mol. The van der Waals surface area contributed by atoms with Gasteiger partial charge in [0.15, 0.2) is 0 Å². The second-order valence-corrected chi connectivity index (χ2v) is 3.70. The van der Waals surface area contributed by atoms with Crippen LogP contribution in [-0.2, 0) is 6.54 Å². The molecule has 0 radical (unpaired) electrons. The van der Waals surface area contributed by atoms with Crippen molar-refractivity contribution in [1.82, 2.24) is 14.9 Å². The van der Waals surface area contributed by atoms with Gasteiger partial charge >= 0.3 is 0 Å². The van der Waals surface area contributed by atoms with Gasteiger partial charge in [0.05, 0.1) is 12.2 Å². The van der Waals surface area contributed by atoms with Crippen LogP contribution in [0, 0.1) is 0 Å². The van der Waals surface area contributed by atoms with E-state index in [-0.39, 0.29) is 5.91 Å². The Labute approximate surface area is 99.9 Å². The lowest BCUT2D eigenvalue weighted by molar-refractivity contribution is 0.0777. The fraction of sp³-hybridized carbons (Fsp3) is 0.154. The van der Waals surface area contributed by atoms with Crippen molar-refractivity contribution >= 4 is 5.91 Å². The summed E-state index contributed by atoms with van der Waals surface area (Å²) in [7, 11) is 1.74. The molecule has 0 aromatic carbocycles. The van der Waals surface area contributed by atoms with Crippen LogP contribution in [0.5, 0.6) is 0 Å². The molecule has 0 saturated carbocycles. The molecule has 0 spiro atoms. The maximum atomic E-state index is 12.0. The van der Waals surface area contributed by atoms with E-state index in [0.29, 0.717) is 12.2 Å². The molecule has 1 amide bonds. The van der Waals surface area contributed by atoms with Crippen molar-refractivity contribution in [2.75, 3.05) is 7.05 Å². The largest absolute Gasteiger partial charge is 0.334 e. The minimum Gasteiger partial charge on any atom is -0.334 e. The predicted molar refractivity (Wildman–Crippen MR) is 64.3 cm³/mol. The normalized spacial score (nSPS) is 9.94. The van der Waals surface area contributed by atoms with E-state index in [0.717, 1.165) is 5.69 Å². The Kier molecular flexibility index (Phi) is 3.45. The summed E-state index contributed by atoms with van der Waals surface area (Å²) < 4.78 is 0. The van der Waals surface area contributed by atoms with Crippen molar-refractivity contribution in [3.8, 4) is 0 Å². The third kappa shape index (κ3) is 2.87. The van der Waals surface area contributed by atoms with Crippen molar-refractivity contribution in [3.05, 3.63) is 60.2 Å². The lowest BCUT2D eigenvalue weighted by Gasteiger charge is -2.15. The molecular weight excluding hydrogens is 214 g/mol. The maximum Gasteiger partial charge on any atom is 0.272 e. The summed E-state index contributed by atoms with van der Waals surface area (Å²) in [5, 5.41) is 0. The van der Waals surface area contributed by atoms with Gasteiger partial charge in [-0.2, -0.15) is 0 Å². The van der Waals surface area contributed by atoms with Gasteiger partial charge in [0.25, 0.3) is 5.91 Å². The Hall–Kier alpha value is -2.23. The lowest BCUT2D eigenvalue weighted by Crippen LogP contribution is -2.27. The number of rotatable bonds is 3. The SMILES string of the molecule is CN(Cc1ccccn1)C(=O)c1ccccn1. The minimum atomic E-state index is -0.101. The van der Waals surface area contributed by atoms with Crippen molar-refractivity contribution in [3.63, 3.8) is 0 Å². The zero-order valence-corrected chi connectivity index (χ0v) is 9.58. The van der Waals surface area contributed by atoms with E-state index in [2.05, 4.69) is 9.97 Å². The van der Waals surface area contributed by atoms with Crippen LogP contribution in [0.25, 0.3) is 0 Å². The fourth-order valence-electron chi connectivity index (χ4n) is 1.49. The van der Waals surface area contributed by atoms with E-state index >= 15 is 0 Å². The highest BCUT2D eigenvalue weighted by atomic mass is 16.2. The van der Waals surface area contributed by atoms with Crippen LogP contribution in [0.3, 0.4) is 0 Å². The van der Waals surface area contributed by atoms with Gasteiger partial charge in [0, 0.05) is 19.4 Å². The molecule has 4 heteroatoms. The van der Waals surface area contributed by atoms with Gasteiger partial charge in [-0.25, -0.2) is 0 Å². The van der Waals surface area contributed by atoms with Crippen molar-refractivity contribution in [1.29, 1.82) is 0 Å². The number of hydrogen-bond donors (Lipinski definition) is 0. The van der Waals surface area contributed by atoms with Crippen LogP contribution < -0.4 is 0 Å². The molecule has 0 bridgehead atoms. The average molecular weight is 227 g/mol. The van der Waals surface area contributed by atoms with Gasteiger partial charge in [0.1, 0.15) is 5.69 Å². The van der Waals surface area contributed by atoms with Gasteiger partial charge in [-0.05, 0) is 24.3 Å². The van der Waals surface area contributed by atoms with Crippen molar-refractivity contribution in [2.45, 2.75) is 6.54 Å². The third-order valence-electron chi connectivity index (χ3n) is 2.36. The highest BCUT2D eigenvalue weighted by Gasteiger charge is 2.12. The standard InChI is InChI=1S/C13H13N3O/c1-16(10-11-6-2-4-8-14-11)13(17)12-7-3-5-9-15-12/h2-9H,10H2,1H3. The predicted octanol–water partition coefficient (Wildman–Crippen LogP) is 1.75. The highest BCUT2D eigenvalue weighted by Crippen LogP contribution is 2.04. The number of carbonyl (C=O) groups is 1. The van der Waals surface area contributed by atoms with Gasteiger partial charge < -0.3 is 4.90 Å². The smallest absolute Gasteiger partial charge is 0.272 e. The molecule has 2 aromatic heterocycles. The summed E-state index contributed by atoms with van der Waals surface area (Å²) in [6.45, 7) is 0.482. The van der Waals surface area contributed by atoms with E-state index in [1.54, 1.807) is 42.5 Å². The molecule has 17 heavy (non-hydrogen) atoms. The summed E-state index contributed by atoms with van der Waals surface area (Å²) in [6.07, 6.45) is 3.33. The van der Waals surface area contributed by atoms with Crippen molar-refractivity contribution < 1.29 is 4.79 Å². The van der Waals surface area contributed by atoms with Crippen molar-refractivity contribution in [2.24, 2.45) is 0 Å². The lowest BCUT2D eigenvalue weighted by atomic mass is 10.3. The van der Waals surface area contributed by atoms with Crippen LogP contribution in [-0.4, -0.2) is 27.8 Å². The summed E-state index contributed by atoms with van der Waals surface area (Å²) >= 11 is 0. The van der Waals surface area contributed by atoms with E-state index in [4.69, 9.17) is 0 Å². The average Bonchev–Trinajstić information content (AvgIpc) is 2.40. The van der Waals surface area contributed by atoms with Crippen LogP contribution >= 0.6 is 0 Å². The number of amides is 1. The molecular formula is C13H13N3O. The molecule has 0 aliphatic heterocycles. The van der Waals surface area contributed by atoms with E-state index in [1.165, 1.54) is 0 Å². The molecule has 2 heterocycles. The highest BCUT2D eigenvalue weighted by molar-refractivity contribution is 5.91. The number of hydrogen-bond acceptors (Lipinski definition) is 3. The maximum absolute atomic E-state index is 12.0.